The predicted molar refractivity (Wildman–Crippen MR) is 91.1 cm³/mol. The first-order valence-electron chi connectivity index (χ1n) is 7.10. The molecule has 0 radical (unpaired) electrons. The van der Waals surface area contributed by atoms with Gasteiger partial charge in [0.15, 0.2) is 0 Å². The maximum Gasteiger partial charge on any atom is 0.221 e. The summed E-state index contributed by atoms with van der Waals surface area (Å²) in [5.41, 5.74) is 2.06. The summed E-state index contributed by atoms with van der Waals surface area (Å²) >= 11 is 11.9. The van der Waals surface area contributed by atoms with E-state index < -0.39 is 0 Å². The zero-order valence-corrected chi connectivity index (χ0v) is 13.6. The molecule has 22 heavy (non-hydrogen) atoms. The van der Waals surface area contributed by atoms with Crippen molar-refractivity contribution in [2.45, 2.75) is 19.5 Å². The lowest BCUT2D eigenvalue weighted by molar-refractivity contribution is -0.121. The quantitative estimate of drug-likeness (QED) is 0.755. The van der Waals surface area contributed by atoms with E-state index in [9.17, 15) is 4.79 Å². The molecule has 0 spiro atoms. The highest BCUT2D eigenvalue weighted by molar-refractivity contribution is 6.31. The molecular weight excluding hydrogens is 319 g/mol. The number of carbonyl (C=O) groups excluding carboxylic acids is 1. The summed E-state index contributed by atoms with van der Waals surface area (Å²) < 4.78 is 0. The smallest absolute Gasteiger partial charge is 0.221 e. The third-order valence-electron chi connectivity index (χ3n) is 3.21. The Morgan fingerprint density at radius 3 is 2.41 bits per heavy atom. The van der Waals surface area contributed by atoms with Gasteiger partial charge >= 0.3 is 0 Å². The molecular formula is C17H18Cl2N2O. The van der Waals surface area contributed by atoms with E-state index in [-0.39, 0.29) is 5.91 Å². The molecule has 0 saturated heterocycles. The van der Waals surface area contributed by atoms with Gasteiger partial charge in [0.25, 0.3) is 0 Å². The van der Waals surface area contributed by atoms with Crippen LogP contribution in [-0.4, -0.2) is 12.5 Å². The monoisotopic (exact) mass is 336 g/mol. The van der Waals surface area contributed by atoms with E-state index >= 15 is 0 Å². The van der Waals surface area contributed by atoms with Crippen LogP contribution < -0.4 is 10.6 Å². The molecule has 0 unspecified atom stereocenters. The van der Waals surface area contributed by atoms with Crippen LogP contribution in [0.25, 0.3) is 0 Å². The number of nitrogens with one attached hydrogen (secondary N) is 2. The summed E-state index contributed by atoms with van der Waals surface area (Å²) in [6.45, 7) is 1.78. The van der Waals surface area contributed by atoms with E-state index in [4.69, 9.17) is 23.2 Å². The van der Waals surface area contributed by atoms with Crippen molar-refractivity contribution in [3.63, 3.8) is 0 Å². The Bertz CT molecular complexity index is 614. The maximum atomic E-state index is 11.8. The summed E-state index contributed by atoms with van der Waals surface area (Å²) in [5.74, 6) is 0.0154. The van der Waals surface area contributed by atoms with Crippen LogP contribution in [-0.2, 0) is 17.9 Å². The fourth-order valence-electron chi connectivity index (χ4n) is 1.96. The van der Waals surface area contributed by atoms with Gasteiger partial charge in [-0.25, -0.2) is 0 Å². The molecule has 0 aliphatic rings. The molecule has 1 amide bonds. The molecule has 116 valence electrons. The van der Waals surface area contributed by atoms with E-state index in [1.54, 1.807) is 0 Å². The molecule has 0 aliphatic carbocycles. The lowest BCUT2D eigenvalue weighted by atomic mass is 10.2. The Balaban J connectivity index is 1.64. The average molecular weight is 337 g/mol. The molecule has 0 saturated carbocycles. The fraction of sp³-hybridized carbons (Fsp3) is 0.235. The average Bonchev–Trinajstić information content (AvgIpc) is 2.52. The minimum atomic E-state index is 0.0154. The van der Waals surface area contributed by atoms with Crippen LogP contribution in [0.15, 0.2) is 48.5 Å². The van der Waals surface area contributed by atoms with E-state index in [1.807, 2.05) is 48.5 Å². The van der Waals surface area contributed by atoms with Crippen molar-refractivity contribution in [2.75, 3.05) is 6.54 Å². The minimum Gasteiger partial charge on any atom is -0.352 e. The van der Waals surface area contributed by atoms with Crippen molar-refractivity contribution in [3.05, 3.63) is 69.7 Å². The van der Waals surface area contributed by atoms with Gasteiger partial charge in [-0.2, -0.15) is 0 Å². The summed E-state index contributed by atoms with van der Waals surface area (Å²) in [5, 5.41) is 7.53. The summed E-state index contributed by atoms with van der Waals surface area (Å²) in [4.78, 5) is 11.8. The SMILES string of the molecule is O=C(CCNCc1ccccc1Cl)NCc1ccc(Cl)cc1. The summed E-state index contributed by atoms with van der Waals surface area (Å²) in [7, 11) is 0. The number of halogens is 2. The summed E-state index contributed by atoms with van der Waals surface area (Å²) in [6, 6.07) is 15.1. The molecule has 3 nitrogen and oxygen atoms in total. The van der Waals surface area contributed by atoms with Crippen LogP contribution >= 0.6 is 23.2 Å². The normalized spacial score (nSPS) is 10.5. The van der Waals surface area contributed by atoms with E-state index in [0.717, 1.165) is 16.1 Å². The molecule has 2 aromatic carbocycles. The topological polar surface area (TPSA) is 41.1 Å². The van der Waals surface area contributed by atoms with Gasteiger partial charge in [0.2, 0.25) is 5.91 Å². The van der Waals surface area contributed by atoms with E-state index in [1.165, 1.54) is 0 Å². The Morgan fingerprint density at radius 2 is 1.68 bits per heavy atom. The lowest BCUT2D eigenvalue weighted by Gasteiger charge is -2.08. The number of rotatable bonds is 7. The number of benzene rings is 2. The molecule has 2 N–H and O–H groups in total. The molecule has 0 bridgehead atoms. The van der Waals surface area contributed by atoms with Gasteiger partial charge in [-0.1, -0.05) is 53.5 Å². The minimum absolute atomic E-state index is 0.0154. The molecule has 0 aliphatic heterocycles. The highest BCUT2D eigenvalue weighted by Crippen LogP contribution is 2.14. The van der Waals surface area contributed by atoms with Gasteiger partial charge < -0.3 is 10.6 Å². The number of carbonyl (C=O) groups is 1. The van der Waals surface area contributed by atoms with E-state index in [0.29, 0.717) is 31.1 Å². The van der Waals surface area contributed by atoms with Crippen molar-refractivity contribution >= 4 is 29.1 Å². The molecule has 0 atom stereocenters. The van der Waals surface area contributed by atoms with Crippen LogP contribution in [0.5, 0.6) is 0 Å². The third-order valence-corrected chi connectivity index (χ3v) is 3.83. The van der Waals surface area contributed by atoms with Gasteiger partial charge in [0, 0.05) is 36.1 Å². The first kappa shape index (κ1) is 16.8. The molecule has 2 aromatic rings. The van der Waals surface area contributed by atoms with Crippen LogP contribution in [0, 0.1) is 0 Å². The highest BCUT2D eigenvalue weighted by atomic mass is 35.5. The largest absolute Gasteiger partial charge is 0.352 e. The Labute approximate surface area is 140 Å². The molecule has 0 heterocycles. The second-order valence-corrected chi connectivity index (χ2v) is 5.77. The number of hydrogen-bond donors (Lipinski definition) is 2. The second kappa shape index (κ2) is 8.79. The van der Waals surface area contributed by atoms with Crippen molar-refractivity contribution in [2.24, 2.45) is 0 Å². The first-order valence-corrected chi connectivity index (χ1v) is 7.86. The fourth-order valence-corrected chi connectivity index (χ4v) is 2.29. The van der Waals surface area contributed by atoms with Crippen molar-refractivity contribution in [3.8, 4) is 0 Å². The van der Waals surface area contributed by atoms with Gasteiger partial charge in [-0.05, 0) is 29.3 Å². The lowest BCUT2D eigenvalue weighted by Crippen LogP contribution is -2.27. The molecule has 5 heteroatoms. The van der Waals surface area contributed by atoms with Crippen LogP contribution in [0.4, 0.5) is 0 Å². The zero-order chi connectivity index (χ0) is 15.8. The highest BCUT2D eigenvalue weighted by Gasteiger charge is 2.02. The van der Waals surface area contributed by atoms with Crippen LogP contribution in [0.3, 0.4) is 0 Å². The van der Waals surface area contributed by atoms with E-state index in [2.05, 4.69) is 10.6 Å². The number of hydrogen-bond acceptors (Lipinski definition) is 2. The Hall–Kier alpha value is -1.55. The van der Waals surface area contributed by atoms with Crippen molar-refractivity contribution < 1.29 is 4.79 Å². The summed E-state index contributed by atoms with van der Waals surface area (Å²) in [6.07, 6.45) is 0.429. The zero-order valence-electron chi connectivity index (χ0n) is 12.1. The predicted octanol–water partition coefficient (Wildman–Crippen LogP) is 3.79. The molecule has 0 fully saturated rings. The van der Waals surface area contributed by atoms with Gasteiger partial charge in [0.05, 0.1) is 0 Å². The second-order valence-electron chi connectivity index (χ2n) is 4.92. The van der Waals surface area contributed by atoms with Gasteiger partial charge in [-0.3, -0.25) is 4.79 Å². The third kappa shape index (κ3) is 5.68. The van der Waals surface area contributed by atoms with Gasteiger partial charge in [0.1, 0.15) is 0 Å². The van der Waals surface area contributed by atoms with Crippen molar-refractivity contribution in [1.82, 2.24) is 10.6 Å². The number of amides is 1. The Morgan fingerprint density at radius 1 is 0.955 bits per heavy atom. The van der Waals surface area contributed by atoms with Crippen LogP contribution in [0.1, 0.15) is 17.5 Å². The maximum absolute atomic E-state index is 11.8. The molecule has 2 rings (SSSR count). The van der Waals surface area contributed by atoms with Crippen LogP contribution in [0.2, 0.25) is 10.0 Å². The standard InChI is InChI=1S/C17H18Cl2N2O/c18-15-7-5-13(6-8-15)11-21-17(22)9-10-20-12-14-3-1-2-4-16(14)19/h1-8,20H,9-12H2,(H,21,22). The van der Waals surface area contributed by atoms with Gasteiger partial charge in [-0.15, -0.1) is 0 Å². The first-order chi connectivity index (χ1) is 10.6. The Kier molecular flexibility index (Phi) is 6.72. The van der Waals surface area contributed by atoms with Crippen molar-refractivity contribution in [1.29, 1.82) is 0 Å². The molecule has 0 aromatic heterocycles.